The Hall–Kier alpha value is -2.44. The summed E-state index contributed by atoms with van der Waals surface area (Å²) < 4.78 is 17.9. The van der Waals surface area contributed by atoms with E-state index in [0.717, 1.165) is 6.07 Å². The molecule has 2 atom stereocenters. The van der Waals surface area contributed by atoms with Crippen LogP contribution >= 0.6 is 0 Å². The highest BCUT2D eigenvalue weighted by molar-refractivity contribution is 5.97. The molecular formula is C15H19FN2O4. The maximum absolute atomic E-state index is 13.1. The maximum atomic E-state index is 13.1. The normalized spacial score (nSPS) is 13.0. The molecule has 2 amide bonds. The number of esters is 1. The van der Waals surface area contributed by atoms with Crippen molar-refractivity contribution in [2.24, 2.45) is 11.7 Å². The molecule has 0 unspecified atom stereocenters. The minimum absolute atomic E-state index is 0.00915. The van der Waals surface area contributed by atoms with Crippen molar-refractivity contribution in [3.8, 4) is 0 Å². The number of hydrogen-bond acceptors (Lipinski definition) is 4. The first kappa shape index (κ1) is 17.6. The van der Waals surface area contributed by atoms with Crippen LogP contribution in [0.2, 0.25) is 0 Å². The number of benzene rings is 1. The zero-order chi connectivity index (χ0) is 16.7. The number of nitrogens with two attached hydrogens (primary N) is 1. The van der Waals surface area contributed by atoms with Crippen molar-refractivity contribution in [3.63, 3.8) is 0 Å². The average molecular weight is 310 g/mol. The van der Waals surface area contributed by atoms with Gasteiger partial charge >= 0.3 is 5.97 Å². The molecule has 1 aromatic carbocycles. The Morgan fingerprint density at radius 2 is 2.05 bits per heavy atom. The Bertz CT molecular complexity index is 562. The lowest BCUT2D eigenvalue weighted by atomic mass is 10.0. The second kappa shape index (κ2) is 8.11. The number of nitrogens with one attached hydrogen (secondary N) is 1. The molecule has 3 N–H and O–H groups in total. The van der Waals surface area contributed by atoms with E-state index in [1.807, 2.05) is 0 Å². The van der Waals surface area contributed by atoms with Crippen LogP contribution in [0.25, 0.3) is 0 Å². The standard InChI is InChI=1S/C15H19FN2O4/c1-3-22-15(21)9(2)7-12(13(17)19)18-14(20)10-5-4-6-11(16)8-10/h4-6,8-9,12H,3,7H2,1-2H3,(H2,17,19)(H,18,20)/t9-,12-/m1/s1. The number of carbonyl (C=O) groups excluding carboxylic acids is 3. The Labute approximate surface area is 127 Å². The van der Waals surface area contributed by atoms with E-state index in [-0.39, 0.29) is 18.6 Å². The van der Waals surface area contributed by atoms with Crippen LogP contribution in [0, 0.1) is 11.7 Å². The molecule has 0 saturated carbocycles. The van der Waals surface area contributed by atoms with Crippen molar-refractivity contribution < 1.29 is 23.5 Å². The van der Waals surface area contributed by atoms with Crippen LogP contribution in [-0.2, 0) is 14.3 Å². The van der Waals surface area contributed by atoms with Gasteiger partial charge in [-0.1, -0.05) is 13.0 Å². The van der Waals surface area contributed by atoms with E-state index in [1.165, 1.54) is 18.2 Å². The van der Waals surface area contributed by atoms with Crippen molar-refractivity contribution in [1.29, 1.82) is 0 Å². The fourth-order valence-corrected chi connectivity index (χ4v) is 1.85. The van der Waals surface area contributed by atoms with Crippen molar-refractivity contribution in [1.82, 2.24) is 5.32 Å². The number of primary amides is 1. The summed E-state index contributed by atoms with van der Waals surface area (Å²) in [6.07, 6.45) is 0.00915. The number of amides is 2. The van der Waals surface area contributed by atoms with Gasteiger partial charge in [-0.05, 0) is 31.5 Å². The third kappa shape index (κ3) is 5.16. The Kier molecular flexibility index (Phi) is 6.49. The largest absolute Gasteiger partial charge is 0.466 e. The molecular weight excluding hydrogens is 291 g/mol. The minimum Gasteiger partial charge on any atom is -0.466 e. The SMILES string of the molecule is CCOC(=O)[C@H](C)C[C@@H](NC(=O)c1cccc(F)c1)C(N)=O. The first-order valence-corrected chi connectivity index (χ1v) is 6.87. The summed E-state index contributed by atoms with van der Waals surface area (Å²) in [6.45, 7) is 3.46. The molecule has 0 aliphatic heterocycles. The van der Waals surface area contributed by atoms with Crippen LogP contribution in [0.1, 0.15) is 30.6 Å². The first-order chi connectivity index (χ1) is 10.3. The quantitative estimate of drug-likeness (QED) is 0.734. The molecule has 0 heterocycles. The van der Waals surface area contributed by atoms with E-state index in [1.54, 1.807) is 13.8 Å². The molecule has 6 nitrogen and oxygen atoms in total. The molecule has 1 aromatic rings. The van der Waals surface area contributed by atoms with Gasteiger partial charge in [0.15, 0.2) is 0 Å². The monoisotopic (exact) mass is 310 g/mol. The van der Waals surface area contributed by atoms with Crippen molar-refractivity contribution >= 4 is 17.8 Å². The number of hydrogen-bond donors (Lipinski definition) is 2. The zero-order valence-corrected chi connectivity index (χ0v) is 12.5. The fourth-order valence-electron chi connectivity index (χ4n) is 1.85. The van der Waals surface area contributed by atoms with Crippen LogP contribution in [0.3, 0.4) is 0 Å². The predicted molar refractivity (Wildman–Crippen MR) is 77.3 cm³/mol. The summed E-state index contributed by atoms with van der Waals surface area (Å²) >= 11 is 0. The molecule has 1 rings (SSSR count). The molecule has 0 spiro atoms. The lowest BCUT2D eigenvalue weighted by Crippen LogP contribution is -2.46. The summed E-state index contributed by atoms with van der Waals surface area (Å²) in [5.74, 6) is -3.07. The summed E-state index contributed by atoms with van der Waals surface area (Å²) in [6, 6.07) is 3.98. The zero-order valence-electron chi connectivity index (χ0n) is 12.5. The average Bonchev–Trinajstić information content (AvgIpc) is 2.46. The molecule has 0 bridgehead atoms. The van der Waals surface area contributed by atoms with Gasteiger partial charge in [0, 0.05) is 5.56 Å². The summed E-state index contributed by atoms with van der Waals surface area (Å²) in [7, 11) is 0. The van der Waals surface area contributed by atoms with Gasteiger partial charge in [-0.2, -0.15) is 0 Å². The highest BCUT2D eigenvalue weighted by Gasteiger charge is 2.25. The van der Waals surface area contributed by atoms with E-state index in [4.69, 9.17) is 10.5 Å². The lowest BCUT2D eigenvalue weighted by Gasteiger charge is -2.18. The van der Waals surface area contributed by atoms with Crippen LogP contribution < -0.4 is 11.1 Å². The number of ether oxygens (including phenoxy) is 1. The van der Waals surface area contributed by atoms with Crippen molar-refractivity contribution in [2.45, 2.75) is 26.3 Å². The van der Waals surface area contributed by atoms with Crippen molar-refractivity contribution in [2.75, 3.05) is 6.61 Å². The Balaban J connectivity index is 2.74. The Morgan fingerprint density at radius 1 is 1.36 bits per heavy atom. The van der Waals surface area contributed by atoms with E-state index in [2.05, 4.69) is 5.32 Å². The van der Waals surface area contributed by atoms with E-state index < -0.39 is 35.6 Å². The van der Waals surface area contributed by atoms with Crippen LogP contribution in [0.5, 0.6) is 0 Å². The number of halogens is 1. The summed E-state index contributed by atoms with van der Waals surface area (Å²) in [5, 5.41) is 2.40. The van der Waals surface area contributed by atoms with Gasteiger partial charge in [0.25, 0.3) is 5.91 Å². The molecule has 120 valence electrons. The first-order valence-electron chi connectivity index (χ1n) is 6.87. The summed E-state index contributed by atoms with van der Waals surface area (Å²) in [4.78, 5) is 35.0. The van der Waals surface area contributed by atoms with Gasteiger partial charge < -0.3 is 15.8 Å². The van der Waals surface area contributed by atoms with E-state index in [9.17, 15) is 18.8 Å². The number of carbonyl (C=O) groups is 3. The van der Waals surface area contributed by atoms with E-state index in [0.29, 0.717) is 0 Å². The van der Waals surface area contributed by atoms with Gasteiger partial charge in [0.05, 0.1) is 12.5 Å². The van der Waals surface area contributed by atoms with Crippen LogP contribution in [-0.4, -0.2) is 30.4 Å². The van der Waals surface area contributed by atoms with Gasteiger partial charge in [0.2, 0.25) is 5.91 Å². The highest BCUT2D eigenvalue weighted by atomic mass is 19.1. The lowest BCUT2D eigenvalue weighted by molar-refractivity contribution is -0.147. The second-order valence-electron chi connectivity index (χ2n) is 4.83. The molecule has 22 heavy (non-hydrogen) atoms. The summed E-state index contributed by atoms with van der Waals surface area (Å²) in [5.41, 5.74) is 5.30. The molecule has 0 radical (unpaired) electrons. The number of rotatable bonds is 7. The minimum atomic E-state index is -1.05. The molecule has 0 saturated heterocycles. The topological polar surface area (TPSA) is 98.5 Å². The third-order valence-corrected chi connectivity index (χ3v) is 3.01. The molecule has 0 aromatic heterocycles. The van der Waals surface area contributed by atoms with E-state index >= 15 is 0 Å². The Morgan fingerprint density at radius 3 is 2.59 bits per heavy atom. The van der Waals surface area contributed by atoms with Gasteiger partial charge in [-0.25, -0.2) is 4.39 Å². The maximum Gasteiger partial charge on any atom is 0.308 e. The van der Waals surface area contributed by atoms with Crippen LogP contribution in [0.4, 0.5) is 4.39 Å². The van der Waals surface area contributed by atoms with Crippen LogP contribution in [0.15, 0.2) is 24.3 Å². The van der Waals surface area contributed by atoms with Gasteiger partial charge in [-0.15, -0.1) is 0 Å². The predicted octanol–water partition coefficient (Wildman–Crippen LogP) is 0.999. The van der Waals surface area contributed by atoms with Crippen molar-refractivity contribution in [3.05, 3.63) is 35.6 Å². The molecule has 0 aliphatic rings. The second-order valence-corrected chi connectivity index (χ2v) is 4.83. The van der Waals surface area contributed by atoms with Gasteiger partial charge in [-0.3, -0.25) is 14.4 Å². The molecule has 0 aliphatic carbocycles. The smallest absolute Gasteiger partial charge is 0.308 e. The van der Waals surface area contributed by atoms with Gasteiger partial charge in [0.1, 0.15) is 11.9 Å². The molecule has 0 fully saturated rings. The molecule has 7 heteroatoms. The third-order valence-electron chi connectivity index (χ3n) is 3.01. The fraction of sp³-hybridized carbons (Fsp3) is 0.400. The highest BCUT2D eigenvalue weighted by Crippen LogP contribution is 2.10.